The molecule has 0 bridgehead atoms. The second kappa shape index (κ2) is 8.65. The van der Waals surface area contributed by atoms with Crippen molar-refractivity contribution in [2.45, 2.75) is 25.8 Å². The van der Waals surface area contributed by atoms with Gasteiger partial charge in [-0.25, -0.2) is 0 Å². The SMILES string of the molecule is COc1cc2c(c(OC)c1OC)-c1ccc(O[P+](O)(O)O)cc1[C@@H](NC(C)=O)CC2. The van der Waals surface area contributed by atoms with Gasteiger partial charge in [-0.3, -0.25) is 9.32 Å². The molecule has 30 heavy (non-hydrogen) atoms. The van der Waals surface area contributed by atoms with Crippen LogP contribution in [-0.4, -0.2) is 41.9 Å². The van der Waals surface area contributed by atoms with E-state index in [1.165, 1.54) is 27.2 Å². The van der Waals surface area contributed by atoms with Gasteiger partial charge in [-0.05, 0) is 53.8 Å². The Labute approximate surface area is 174 Å². The van der Waals surface area contributed by atoms with Crippen LogP contribution in [0.3, 0.4) is 0 Å². The van der Waals surface area contributed by atoms with E-state index in [1.807, 2.05) is 6.07 Å². The molecule has 9 nitrogen and oxygen atoms in total. The maximum Gasteiger partial charge on any atom is 0.613 e. The molecule has 4 N–H and O–H groups in total. The Hall–Kier alpha value is -2.58. The van der Waals surface area contributed by atoms with E-state index in [0.717, 1.165) is 16.7 Å². The minimum Gasteiger partial charge on any atom is -0.493 e. The third-order valence-electron chi connectivity index (χ3n) is 4.89. The molecule has 162 valence electrons. The summed E-state index contributed by atoms with van der Waals surface area (Å²) in [5.74, 6) is 1.31. The van der Waals surface area contributed by atoms with Crippen molar-refractivity contribution in [1.29, 1.82) is 0 Å². The molecule has 0 radical (unpaired) electrons. The number of fused-ring (bicyclic) bond motifs is 3. The van der Waals surface area contributed by atoms with E-state index in [2.05, 4.69) is 5.32 Å². The van der Waals surface area contributed by atoms with Gasteiger partial charge in [-0.2, -0.15) is 14.7 Å². The number of nitrogens with one attached hydrogen (secondary N) is 1. The van der Waals surface area contributed by atoms with Crippen LogP contribution in [0.1, 0.15) is 30.5 Å². The molecule has 0 heterocycles. The van der Waals surface area contributed by atoms with Crippen molar-refractivity contribution in [1.82, 2.24) is 5.32 Å². The predicted octanol–water partition coefficient (Wildman–Crippen LogP) is 2.54. The summed E-state index contributed by atoms with van der Waals surface area (Å²) in [4.78, 5) is 39.7. The first-order valence-electron chi connectivity index (χ1n) is 9.18. The third-order valence-corrected chi connectivity index (χ3v) is 5.34. The Balaban J connectivity index is 2.27. The monoisotopic (exact) mass is 438 g/mol. The Morgan fingerprint density at radius 1 is 1.07 bits per heavy atom. The quantitative estimate of drug-likeness (QED) is 0.507. The van der Waals surface area contributed by atoms with E-state index in [9.17, 15) is 19.5 Å². The number of carbonyl (C=O) groups excluding carboxylic acids is 1. The molecule has 1 aliphatic rings. The zero-order chi connectivity index (χ0) is 22.1. The van der Waals surface area contributed by atoms with Crippen LogP contribution in [0.2, 0.25) is 0 Å². The van der Waals surface area contributed by atoms with Crippen LogP contribution in [0.25, 0.3) is 11.1 Å². The summed E-state index contributed by atoms with van der Waals surface area (Å²) in [6.45, 7) is 1.43. The van der Waals surface area contributed by atoms with E-state index in [-0.39, 0.29) is 17.7 Å². The van der Waals surface area contributed by atoms with Gasteiger partial charge in [0.1, 0.15) is 0 Å². The Bertz CT molecular complexity index is 957. The molecular formula is C20H25NO8P+. The van der Waals surface area contributed by atoms with E-state index in [4.69, 9.17) is 18.7 Å². The molecular weight excluding hydrogens is 413 g/mol. The van der Waals surface area contributed by atoms with Gasteiger partial charge in [0.2, 0.25) is 11.7 Å². The highest BCUT2D eigenvalue weighted by Gasteiger charge is 2.36. The lowest BCUT2D eigenvalue weighted by Gasteiger charge is -2.21. The summed E-state index contributed by atoms with van der Waals surface area (Å²) in [6, 6.07) is 6.30. The molecule has 0 unspecified atom stereocenters. The standard InChI is InChI=1S/C20H24NO8P/c1-11(22)21-16-8-5-12-9-17(26-2)19(27-3)20(28-4)18(12)14-7-6-13(10-15(14)16)29-30(23,24)25/h6-7,9-10,16,23-25H,5,8H2,1-4H3/p+1/t16-/m0/s1. The summed E-state index contributed by atoms with van der Waals surface area (Å²) in [6.07, 6.45) is 1.18. The topological polar surface area (TPSA) is 127 Å². The number of rotatable bonds is 6. The highest BCUT2D eigenvalue weighted by Crippen LogP contribution is 2.52. The zero-order valence-electron chi connectivity index (χ0n) is 17.1. The smallest absolute Gasteiger partial charge is 0.493 e. The number of benzene rings is 2. The molecule has 0 saturated carbocycles. The van der Waals surface area contributed by atoms with Crippen molar-refractivity contribution in [2.24, 2.45) is 0 Å². The second-order valence-electron chi connectivity index (χ2n) is 6.82. The number of amides is 1. The summed E-state index contributed by atoms with van der Waals surface area (Å²) in [5, 5.41) is 2.92. The first kappa shape index (κ1) is 22.1. The molecule has 0 saturated heterocycles. The first-order valence-corrected chi connectivity index (χ1v) is 10.7. The average Bonchev–Trinajstić information content (AvgIpc) is 2.82. The summed E-state index contributed by atoms with van der Waals surface area (Å²) < 4.78 is 21.5. The number of carbonyl (C=O) groups is 1. The highest BCUT2D eigenvalue weighted by molar-refractivity contribution is 7.53. The van der Waals surface area contributed by atoms with E-state index in [0.29, 0.717) is 35.7 Å². The molecule has 3 rings (SSSR count). The van der Waals surface area contributed by atoms with Crippen LogP contribution in [0.15, 0.2) is 24.3 Å². The fourth-order valence-corrected chi connectivity index (χ4v) is 4.20. The Kier molecular flexibility index (Phi) is 6.38. The molecule has 2 aromatic rings. The van der Waals surface area contributed by atoms with Gasteiger partial charge in [0, 0.05) is 12.5 Å². The largest absolute Gasteiger partial charge is 0.613 e. The zero-order valence-corrected chi connectivity index (χ0v) is 18.0. The molecule has 1 atom stereocenters. The maximum atomic E-state index is 11.8. The number of methoxy groups -OCH3 is 3. The van der Waals surface area contributed by atoms with Crippen LogP contribution >= 0.6 is 8.17 Å². The second-order valence-corrected chi connectivity index (χ2v) is 8.03. The Morgan fingerprint density at radius 2 is 1.77 bits per heavy atom. The van der Waals surface area contributed by atoms with Crippen LogP contribution < -0.4 is 24.1 Å². The lowest BCUT2D eigenvalue weighted by Crippen LogP contribution is -2.26. The fourth-order valence-electron chi connectivity index (χ4n) is 3.80. The highest BCUT2D eigenvalue weighted by atomic mass is 31.2. The number of aryl methyl sites for hydroxylation is 1. The molecule has 0 aliphatic heterocycles. The molecule has 0 aromatic heterocycles. The maximum absolute atomic E-state index is 11.8. The average molecular weight is 438 g/mol. The van der Waals surface area contributed by atoms with Crippen molar-refractivity contribution in [3.63, 3.8) is 0 Å². The van der Waals surface area contributed by atoms with Crippen LogP contribution in [-0.2, 0) is 11.2 Å². The van der Waals surface area contributed by atoms with Gasteiger partial charge >= 0.3 is 8.17 Å². The lowest BCUT2D eigenvalue weighted by molar-refractivity contribution is -0.119. The molecule has 1 amide bonds. The minimum atomic E-state index is -4.49. The number of ether oxygens (including phenoxy) is 3. The van der Waals surface area contributed by atoms with E-state index in [1.54, 1.807) is 19.2 Å². The molecule has 10 heteroatoms. The molecule has 2 aromatic carbocycles. The van der Waals surface area contributed by atoms with Crippen LogP contribution in [0.5, 0.6) is 23.0 Å². The normalized spacial score (nSPS) is 15.4. The Morgan fingerprint density at radius 3 is 2.33 bits per heavy atom. The number of hydrogen-bond acceptors (Lipinski definition) is 8. The predicted molar refractivity (Wildman–Crippen MR) is 111 cm³/mol. The van der Waals surface area contributed by atoms with E-state index < -0.39 is 8.17 Å². The molecule has 0 spiro atoms. The summed E-state index contributed by atoms with van der Waals surface area (Å²) in [7, 11) is 0.120. The summed E-state index contributed by atoms with van der Waals surface area (Å²) in [5.41, 5.74) is 3.16. The van der Waals surface area contributed by atoms with Crippen molar-refractivity contribution in [3.05, 3.63) is 35.4 Å². The van der Waals surface area contributed by atoms with Crippen LogP contribution in [0, 0.1) is 0 Å². The molecule has 0 fully saturated rings. The third kappa shape index (κ3) is 4.44. The fraction of sp³-hybridized carbons (Fsp3) is 0.350. The van der Waals surface area contributed by atoms with Gasteiger partial charge in [0.05, 0.1) is 27.4 Å². The summed E-state index contributed by atoms with van der Waals surface area (Å²) >= 11 is 0. The van der Waals surface area contributed by atoms with Crippen molar-refractivity contribution in [2.75, 3.05) is 21.3 Å². The first-order chi connectivity index (χ1) is 14.2. The number of hydrogen-bond donors (Lipinski definition) is 4. The van der Waals surface area contributed by atoms with Crippen LogP contribution in [0.4, 0.5) is 0 Å². The van der Waals surface area contributed by atoms with E-state index >= 15 is 0 Å². The molecule has 1 aliphatic carbocycles. The minimum absolute atomic E-state index is 0.0628. The lowest BCUT2D eigenvalue weighted by atomic mass is 9.93. The van der Waals surface area contributed by atoms with Gasteiger partial charge in [-0.1, -0.05) is 0 Å². The van der Waals surface area contributed by atoms with Crippen molar-refractivity contribution >= 4 is 14.1 Å². The van der Waals surface area contributed by atoms with Crippen molar-refractivity contribution < 1.29 is 38.2 Å². The van der Waals surface area contributed by atoms with Gasteiger partial charge < -0.3 is 19.5 Å². The van der Waals surface area contributed by atoms with Gasteiger partial charge in [0.25, 0.3) is 0 Å². The van der Waals surface area contributed by atoms with Crippen molar-refractivity contribution in [3.8, 4) is 34.1 Å². The van der Waals surface area contributed by atoms with Gasteiger partial charge in [-0.15, -0.1) is 0 Å². The van der Waals surface area contributed by atoms with Gasteiger partial charge in [0.15, 0.2) is 17.2 Å².